The zero-order chi connectivity index (χ0) is 42.1. The molecule has 0 spiro atoms. The molecule has 4 heteroatoms. The fraction of sp³-hybridized carbons (Fsp3) is 0. The molecule has 13 rings (SSSR count). The molecule has 10 aromatic carbocycles. The Labute approximate surface area is 369 Å². The first-order valence-corrected chi connectivity index (χ1v) is 21.8. The highest BCUT2D eigenvalue weighted by molar-refractivity contribution is 6.25. The van der Waals surface area contributed by atoms with Gasteiger partial charge in [-0.1, -0.05) is 176 Å². The Morgan fingerprint density at radius 1 is 0.266 bits per heavy atom. The standard InChI is InChI=1S/C60H38N4/c1-4-13-39(14-5-1)41-23-27-43(28-24-41)52-38-53(44-29-25-42(26-30-44)40-15-6-2-7-16-40)62-60(61-52)64-56-22-12-17-45-31-32-47-35-48(37-57(64)59(47)58(45)56)46-33-34-55-51(36-46)50-20-10-11-21-54(50)63(55)49-18-8-3-9-19-49/h1-38H. The minimum absolute atomic E-state index is 0.635. The second-order valence-corrected chi connectivity index (χ2v) is 16.6. The Morgan fingerprint density at radius 2 is 0.781 bits per heavy atom. The van der Waals surface area contributed by atoms with Crippen LogP contribution in [0.15, 0.2) is 231 Å². The van der Waals surface area contributed by atoms with Crippen molar-refractivity contribution in [2.45, 2.75) is 0 Å². The lowest BCUT2D eigenvalue weighted by Gasteiger charge is -2.13. The maximum Gasteiger partial charge on any atom is 0.235 e. The van der Waals surface area contributed by atoms with Gasteiger partial charge < -0.3 is 4.57 Å². The lowest BCUT2D eigenvalue weighted by atomic mass is 9.96. The molecule has 0 unspecified atom stereocenters. The molecule has 0 saturated carbocycles. The molecule has 3 aromatic heterocycles. The summed E-state index contributed by atoms with van der Waals surface area (Å²) in [6.45, 7) is 0. The third-order valence-electron chi connectivity index (χ3n) is 12.9. The van der Waals surface area contributed by atoms with Crippen molar-refractivity contribution in [3.63, 3.8) is 0 Å². The first kappa shape index (κ1) is 36.1. The normalized spacial score (nSPS) is 11.8. The number of nitrogens with zero attached hydrogens (tertiary/aromatic N) is 4. The summed E-state index contributed by atoms with van der Waals surface area (Å²) in [6.07, 6.45) is 0. The van der Waals surface area contributed by atoms with Gasteiger partial charge in [0.15, 0.2) is 0 Å². The number of hydrogen-bond donors (Lipinski definition) is 0. The van der Waals surface area contributed by atoms with Crippen LogP contribution in [0, 0.1) is 0 Å². The van der Waals surface area contributed by atoms with E-state index in [0.717, 1.165) is 50.4 Å². The van der Waals surface area contributed by atoms with E-state index in [1.165, 1.54) is 65.6 Å². The number of aromatic nitrogens is 4. The van der Waals surface area contributed by atoms with E-state index in [2.05, 4.69) is 240 Å². The van der Waals surface area contributed by atoms with Crippen LogP contribution in [0.5, 0.6) is 0 Å². The number of hydrogen-bond acceptors (Lipinski definition) is 2. The first-order chi connectivity index (χ1) is 31.7. The van der Waals surface area contributed by atoms with E-state index in [0.29, 0.717) is 5.95 Å². The van der Waals surface area contributed by atoms with E-state index < -0.39 is 0 Å². The average molecular weight is 815 g/mol. The molecule has 0 bridgehead atoms. The van der Waals surface area contributed by atoms with Gasteiger partial charge in [-0.15, -0.1) is 0 Å². The predicted molar refractivity (Wildman–Crippen MR) is 267 cm³/mol. The van der Waals surface area contributed by atoms with Gasteiger partial charge in [0.05, 0.1) is 33.5 Å². The summed E-state index contributed by atoms with van der Waals surface area (Å²) in [4.78, 5) is 10.9. The quantitative estimate of drug-likeness (QED) is 0.150. The lowest BCUT2D eigenvalue weighted by Crippen LogP contribution is -2.04. The van der Waals surface area contributed by atoms with Gasteiger partial charge in [-0.3, -0.25) is 4.57 Å². The highest BCUT2D eigenvalue weighted by Gasteiger charge is 2.22. The minimum Gasteiger partial charge on any atom is -0.309 e. The largest absolute Gasteiger partial charge is 0.309 e. The van der Waals surface area contributed by atoms with E-state index in [9.17, 15) is 0 Å². The van der Waals surface area contributed by atoms with Crippen LogP contribution in [0.3, 0.4) is 0 Å². The Bertz CT molecular complexity index is 3750. The van der Waals surface area contributed by atoms with Crippen molar-refractivity contribution in [1.29, 1.82) is 0 Å². The first-order valence-electron chi connectivity index (χ1n) is 21.8. The Hall–Kier alpha value is -8.60. The molecule has 0 aliphatic carbocycles. The van der Waals surface area contributed by atoms with Crippen molar-refractivity contribution >= 4 is 54.4 Å². The molecule has 0 N–H and O–H groups in total. The smallest absolute Gasteiger partial charge is 0.235 e. The summed E-state index contributed by atoms with van der Waals surface area (Å²) in [5.74, 6) is 0.635. The third kappa shape index (κ3) is 5.84. The Balaban J connectivity index is 1.02. The number of rotatable bonds is 7. The third-order valence-corrected chi connectivity index (χ3v) is 12.9. The molecule has 3 heterocycles. The summed E-state index contributed by atoms with van der Waals surface area (Å²) in [5, 5.41) is 7.27. The van der Waals surface area contributed by atoms with Gasteiger partial charge in [-0.25, -0.2) is 9.97 Å². The molecule has 0 fully saturated rings. The summed E-state index contributed by atoms with van der Waals surface area (Å²) < 4.78 is 4.66. The van der Waals surface area contributed by atoms with E-state index in [1.54, 1.807) is 0 Å². The van der Waals surface area contributed by atoms with Crippen molar-refractivity contribution in [2.24, 2.45) is 0 Å². The maximum atomic E-state index is 5.46. The zero-order valence-corrected chi connectivity index (χ0v) is 34.7. The summed E-state index contributed by atoms with van der Waals surface area (Å²) >= 11 is 0. The van der Waals surface area contributed by atoms with Crippen LogP contribution in [0.1, 0.15) is 0 Å². The topological polar surface area (TPSA) is 35.6 Å². The molecular formula is C60H38N4. The average Bonchev–Trinajstić information content (AvgIpc) is 3.90. The van der Waals surface area contributed by atoms with Gasteiger partial charge in [-0.2, -0.15) is 0 Å². The lowest BCUT2D eigenvalue weighted by molar-refractivity contribution is 0.996. The van der Waals surface area contributed by atoms with E-state index in [4.69, 9.17) is 9.97 Å². The maximum absolute atomic E-state index is 5.46. The molecule has 0 saturated heterocycles. The Morgan fingerprint density at radius 3 is 1.45 bits per heavy atom. The fourth-order valence-corrected chi connectivity index (χ4v) is 9.84. The molecule has 298 valence electrons. The van der Waals surface area contributed by atoms with Gasteiger partial charge in [0.1, 0.15) is 0 Å². The molecule has 0 radical (unpaired) electrons. The summed E-state index contributed by atoms with van der Waals surface area (Å²) in [6, 6.07) is 82.7. The SMILES string of the molecule is c1ccc(-c2ccc(-c3cc(-c4ccc(-c5ccccc5)cc4)nc(-n4c5cccc6ccc7cc(-c8ccc9c(c8)c8ccccc8n9-c8ccccc8)cc4c7c65)n3)cc2)cc1. The van der Waals surface area contributed by atoms with Crippen molar-refractivity contribution in [3.05, 3.63) is 231 Å². The van der Waals surface area contributed by atoms with Gasteiger partial charge in [0.2, 0.25) is 5.95 Å². The van der Waals surface area contributed by atoms with Crippen molar-refractivity contribution in [2.75, 3.05) is 0 Å². The highest BCUT2D eigenvalue weighted by Crippen LogP contribution is 2.43. The van der Waals surface area contributed by atoms with E-state index >= 15 is 0 Å². The predicted octanol–water partition coefficient (Wildman–Crippen LogP) is 15.6. The molecule has 0 aliphatic rings. The van der Waals surface area contributed by atoms with Crippen LogP contribution in [0.4, 0.5) is 0 Å². The second kappa shape index (κ2) is 14.5. The van der Waals surface area contributed by atoms with Gasteiger partial charge in [-0.05, 0) is 98.8 Å². The number of para-hydroxylation sites is 2. The molecule has 0 amide bonds. The molecule has 13 aromatic rings. The van der Waals surface area contributed by atoms with Crippen molar-refractivity contribution < 1.29 is 0 Å². The molecular weight excluding hydrogens is 777 g/mol. The van der Waals surface area contributed by atoms with Crippen LogP contribution >= 0.6 is 0 Å². The number of fused-ring (bicyclic) bond motifs is 3. The van der Waals surface area contributed by atoms with E-state index in [1.807, 2.05) is 0 Å². The summed E-state index contributed by atoms with van der Waals surface area (Å²) in [5.41, 5.74) is 16.5. The minimum atomic E-state index is 0.635. The molecule has 0 atom stereocenters. The van der Waals surface area contributed by atoms with Gasteiger partial charge in [0, 0.05) is 38.4 Å². The monoisotopic (exact) mass is 814 g/mol. The second-order valence-electron chi connectivity index (χ2n) is 16.6. The van der Waals surface area contributed by atoms with Crippen LogP contribution in [0.25, 0.3) is 122 Å². The molecule has 4 nitrogen and oxygen atoms in total. The highest BCUT2D eigenvalue weighted by atomic mass is 15.2. The Kier molecular flexibility index (Phi) is 8.18. The van der Waals surface area contributed by atoms with E-state index in [-0.39, 0.29) is 0 Å². The van der Waals surface area contributed by atoms with Crippen LogP contribution in [-0.2, 0) is 0 Å². The van der Waals surface area contributed by atoms with Crippen LogP contribution in [-0.4, -0.2) is 19.1 Å². The van der Waals surface area contributed by atoms with Crippen molar-refractivity contribution in [1.82, 2.24) is 19.1 Å². The van der Waals surface area contributed by atoms with Gasteiger partial charge >= 0.3 is 0 Å². The summed E-state index contributed by atoms with van der Waals surface area (Å²) in [7, 11) is 0. The van der Waals surface area contributed by atoms with Gasteiger partial charge in [0.25, 0.3) is 0 Å². The molecule has 0 aliphatic heterocycles. The van der Waals surface area contributed by atoms with Crippen LogP contribution < -0.4 is 0 Å². The molecule has 64 heavy (non-hydrogen) atoms. The zero-order valence-electron chi connectivity index (χ0n) is 34.7. The fourth-order valence-electron chi connectivity index (χ4n) is 9.84. The number of benzene rings is 10. The van der Waals surface area contributed by atoms with Crippen molar-refractivity contribution in [3.8, 4) is 67.5 Å². The van der Waals surface area contributed by atoms with Crippen LogP contribution in [0.2, 0.25) is 0 Å².